The molecule has 0 radical (unpaired) electrons. The van der Waals surface area contributed by atoms with Gasteiger partial charge >= 0.3 is 6.09 Å². The van der Waals surface area contributed by atoms with Crippen molar-refractivity contribution in [2.24, 2.45) is 0 Å². The first kappa shape index (κ1) is 24.3. The molecule has 1 fully saturated rings. The Labute approximate surface area is 200 Å². The number of benzene rings is 1. The average molecular weight is 510 g/mol. The molecule has 0 aliphatic carbocycles. The zero-order chi connectivity index (χ0) is 24.3. The minimum Gasteiger partial charge on any atom is -0.449 e. The molecule has 4 rings (SSSR count). The molecule has 1 saturated heterocycles. The summed E-state index contributed by atoms with van der Waals surface area (Å²) in [5.74, 6) is -1.88. The monoisotopic (exact) mass is 509 g/mol. The minimum atomic E-state index is -3.77. The van der Waals surface area contributed by atoms with Crippen LogP contribution in [0.3, 0.4) is 0 Å². The highest BCUT2D eigenvalue weighted by Gasteiger charge is 2.26. The first-order chi connectivity index (χ1) is 16.3. The maximum absolute atomic E-state index is 13.5. The van der Waals surface area contributed by atoms with Crippen molar-refractivity contribution in [3.05, 3.63) is 53.7 Å². The average Bonchev–Trinajstić information content (AvgIpc) is 3.27. The number of hydrogen-bond donors (Lipinski definition) is 0. The van der Waals surface area contributed by atoms with E-state index in [1.54, 1.807) is 23.2 Å². The molecule has 11 heteroatoms. The third-order valence-corrected chi connectivity index (χ3v) is 8.96. The van der Waals surface area contributed by atoms with E-state index >= 15 is 0 Å². The molecule has 1 aliphatic rings. The number of piperazine rings is 1. The Morgan fingerprint density at radius 1 is 1.12 bits per heavy atom. The number of ether oxygens (including phenoxy) is 1. The number of aromatic nitrogens is 1. The second-order valence-electron chi connectivity index (χ2n) is 8.06. The van der Waals surface area contributed by atoms with E-state index in [4.69, 9.17) is 4.74 Å². The van der Waals surface area contributed by atoms with Crippen molar-refractivity contribution in [1.29, 1.82) is 0 Å². The zero-order valence-corrected chi connectivity index (χ0v) is 20.3. The fraction of sp³-hybridized carbons (Fsp3) is 0.391. The lowest BCUT2D eigenvalue weighted by atomic mass is 10.2. The van der Waals surface area contributed by atoms with Gasteiger partial charge in [0.1, 0.15) is 10.0 Å². The maximum Gasteiger partial charge on any atom is 0.409 e. The van der Waals surface area contributed by atoms with Crippen LogP contribution in [0.5, 0.6) is 0 Å². The van der Waals surface area contributed by atoms with Crippen LogP contribution >= 0.6 is 11.3 Å². The third kappa shape index (κ3) is 5.30. The summed E-state index contributed by atoms with van der Waals surface area (Å²) in [4.78, 5) is 20.4. The summed E-state index contributed by atoms with van der Waals surface area (Å²) in [6.45, 7) is 4.49. The van der Waals surface area contributed by atoms with Crippen LogP contribution in [0.25, 0.3) is 10.1 Å². The van der Waals surface area contributed by atoms with Crippen LogP contribution in [0, 0.1) is 11.6 Å². The molecule has 1 aliphatic heterocycles. The lowest BCUT2D eigenvalue weighted by Crippen LogP contribution is -2.49. The number of fused-ring (bicyclic) bond motifs is 1. The highest BCUT2D eigenvalue weighted by Crippen LogP contribution is 2.35. The van der Waals surface area contributed by atoms with E-state index in [0.717, 1.165) is 41.0 Å². The van der Waals surface area contributed by atoms with Gasteiger partial charge in [0, 0.05) is 42.5 Å². The summed E-state index contributed by atoms with van der Waals surface area (Å²) in [6.07, 6.45) is 3.10. The van der Waals surface area contributed by atoms with E-state index in [1.807, 2.05) is 11.8 Å². The smallest absolute Gasteiger partial charge is 0.409 e. The van der Waals surface area contributed by atoms with Gasteiger partial charge in [-0.15, -0.1) is 11.3 Å². The number of unbranched alkanes of at least 4 members (excludes halogenated alkanes) is 1. The number of sulfone groups is 1. The number of pyridine rings is 1. The van der Waals surface area contributed by atoms with Gasteiger partial charge in [-0.05, 0) is 36.2 Å². The number of nitrogens with zero attached hydrogens (tertiary/aromatic N) is 3. The Kier molecular flexibility index (Phi) is 7.32. The highest BCUT2D eigenvalue weighted by molar-refractivity contribution is 7.92. The Balaban J connectivity index is 1.50. The Morgan fingerprint density at radius 3 is 2.59 bits per heavy atom. The minimum absolute atomic E-state index is 0.139. The van der Waals surface area contributed by atoms with Crippen LogP contribution in [-0.4, -0.2) is 57.2 Å². The van der Waals surface area contributed by atoms with Crippen molar-refractivity contribution in [3.8, 4) is 0 Å². The van der Waals surface area contributed by atoms with Crippen molar-refractivity contribution in [2.45, 2.75) is 29.7 Å². The molecule has 0 spiro atoms. The van der Waals surface area contributed by atoms with Crippen molar-refractivity contribution in [1.82, 2.24) is 9.88 Å². The number of halogens is 2. The summed E-state index contributed by atoms with van der Waals surface area (Å²) >= 11 is 1.12. The molecule has 0 N–H and O–H groups in total. The molecule has 0 saturated carbocycles. The molecular formula is C23H25F2N3O4S2. The number of hydrogen-bond acceptors (Lipinski definition) is 7. The van der Waals surface area contributed by atoms with Gasteiger partial charge in [0.15, 0.2) is 21.5 Å². The van der Waals surface area contributed by atoms with Gasteiger partial charge in [0.05, 0.1) is 12.4 Å². The lowest BCUT2D eigenvalue weighted by molar-refractivity contribution is 0.0989. The number of carbonyl (C=O) groups is 1. The molecule has 2 aromatic heterocycles. The largest absolute Gasteiger partial charge is 0.449 e. The van der Waals surface area contributed by atoms with Gasteiger partial charge in [0.25, 0.3) is 0 Å². The predicted octanol–water partition coefficient (Wildman–Crippen LogP) is 4.61. The first-order valence-electron chi connectivity index (χ1n) is 11.0. The Hall–Kier alpha value is -2.79. The van der Waals surface area contributed by atoms with Gasteiger partial charge in [-0.3, -0.25) is 0 Å². The molecule has 1 amide bonds. The van der Waals surface area contributed by atoms with E-state index in [2.05, 4.69) is 4.98 Å². The topological polar surface area (TPSA) is 79.8 Å². The number of amides is 1. The van der Waals surface area contributed by atoms with E-state index in [9.17, 15) is 22.0 Å². The van der Waals surface area contributed by atoms with Crippen molar-refractivity contribution >= 4 is 43.2 Å². The SMILES string of the molecule is CCCCOC(=O)N1CCN(c2nccc3sc(S(=O)(=O)Cc4ccc(F)c(F)c4)cc23)CC1. The molecule has 3 aromatic rings. The third-order valence-electron chi connectivity index (χ3n) is 5.61. The zero-order valence-electron chi connectivity index (χ0n) is 18.7. The number of anilines is 1. The molecule has 0 unspecified atom stereocenters. The molecule has 7 nitrogen and oxygen atoms in total. The summed E-state index contributed by atoms with van der Waals surface area (Å²) in [6, 6.07) is 6.43. The standard InChI is InChI=1S/C23H25F2N3O4S2/c1-2-3-12-32-23(29)28-10-8-27(9-11-28)22-17-14-21(33-20(17)6-7-26-22)34(30,31)15-16-4-5-18(24)19(25)13-16/h4-7,13-14H,2-3,8-12,15H2,1H3. The molecule has 34 heavy (non-hydrogen) atoms. The van der Waals surface area contributed by atoms with E-state index in [1.165, 1.54) is 6.07 Å². The quantitative estimate of drug-likeness (QED) is 0.433. The molecule has 3 heterocycles. The summed E-state index contributed by atoms with van der Waals surface area (Å²) < 4.78 is 58.9. The highest BCUT2D eigenvalue weighted by atomic mass is 32.2. The summed E-state index contributed by atoms with van der Waals surface area (Å²) in [5.41, 5.74) is 0.177. The summed E-state index contributed by atoms with van der Waals surface area (Å²) in [7, 11) is -3.77. The first-order valence-corrected chi connectivity index (χ1v) is 13.5. The van der Waals surface area contributed by atoms with Gasteiger partial charge in [-0.25, -0.2) is 27.0 Å². The lowest BCUT2D eigenvalue weighted by Gasteiger charge is -2.35. The van der Waals surface area contributed by atoms with Gasteiger partial charge in [-0.1, -0.05) is 19.4 Å². The maximum atomic E-state index is 13.5. The molecule has 0 atom stereocenters. The summed E-state index contributed by atoms with van der Waals surface area (Å²) in [5, 5.41) is 0.704. The van der Waals surface area contributed by atoms with Gasteiger partial charge < -0.3 is 14.5 Å². The molecular weight excluding hydrogens is 484 g/mol. The van der Waals surface area contributed by atoms with Crippen molar-refractivity contribution < 1.29 is 26.7 Å². The Morgan fingerprint density at radius 2 is 1.88 bits per heavy atom. The fourth-order valence-corrected chi connectivity index (χ4v) is 6.54. The van der Waals surface area contributed by atoms with Crippen LogP contribution < -0.4 is 4.90 Å². The number of thiophene rings is 1. The van der Waals surface area contributed by atoms with Crippen molar-refractivity contribution in [2.75, 3.05) is 37.7 Å². The number of carbonyl (C=O) groups excluding carboxylic acids is 1. The predicted molar refractivity (Wildman–Crippen MR) is 127 cm³/mol. The van der Waals surface area contributed by atoms with E-state index < -0.39 is 27.2 Å². The number of rotatable bonds is 7. The second-order valence-corrected chi connectivity index (χ2v) is 11.4. The van der Waals surface area contributed by atoms with Crippen LogP contribution in [0.4, 0.5) is 19.4 Å². The van der Waals surface area contributed by atoms with Crippen molar-refractivity contribution in [3.63, 3.8) is 0 Å². The normalized spacial score (nSPS) is 14.6. The van der Waals surface area contributed by atoms with Crippen LogP contribution in [0.15, 0.2) is 40.7 Å². The fourth-order valence-electron chi connectivity index (χ4n) is 3.75. The van der Waals surface area contributed by atoms with E-state index in [0.29, 0.717) is 44.0 Å². The van der Waals surface area contributed by atoms with Gasteiger partial charge in [0.2, 0.25) is 0 Å². The molecule has 182 valence electrons. The van der Waals surface area contributed by atoms with Crippen LogP contribution in [0.1, 0.15) is 25.3 Å². The molecule has 1 aromatic carbocycles. The van der Waals surface area contributed by atoms with E-state index in [-0.39, 0.29) is 15.9 Å². The molecule has 0 bridgehead atoms. The van der Waals surface area contributed by atoms with Crippen LogP contribution in [-0.2, 0) is 20.3 Å². The second kappa shape index (κ2) is 10.2. The van der Waals surface area contributed by atoms with Crippen LogP contribution in [0.2, 0.25) is 0 Å². The Bertz CT molecular complexity index is 1290. The van der Waals surface area contributed by atoms with Gasteiger partial charge in [-0.2, -0.15) is 0 Å².